The van der Waals surface area contributed by atoms with Crippen LogP contribution in [-0.2, 0) is 6.54 Å². The summed E-state index contributed by atoms with van der Waals surface area (Å²) < 4.78 is 14.0. The lowest BCUT2D eigenvalue weighted by atomic mass is 10.0. The number of fused-ring (bicyclic) bond motifs is 1. The Kier molecular flexibility index (Phi) is 5.96. The Bertz CT molecular complexity index is 1470. The first-order chi connectivity index (χ1) is 16.6. The molecule has 0 bridgehead atoms. The standard InChI is InChI=1S/C24H17BrFN7O/c25-20-4-2-1-3-18(20)19-11-14-12-28-24(30-16-7-5-15(26)6-8-16)32-22(14)31-21(19)23(34)27-13-17-9-10-29-33-17/h1-12H,13H2,(H,27,34)(H,29,33)(H,28,30,31,32). The molecule has 0 unspecified atom stereocenters. The van der Waals surface area contributed by atoms with E-state index >= 15 is 0 Å². The minimum absolute atomic E-state index is 0.227. The molecule has 0 radical (unpaired) electrons. The van der Waals surface area contributed by atoms with E-state index in [4.69, 9.17) is 0 Å². The van der Waals surface area contributed by atoms with Crippen molar-refractivity contribution in [3.05, 3.63) is 94.7 Å². The number of amides is 1. The van der Waals surface area contributed by atoms with Gasteiger partial charge in [-0.1, -0.05) is 34.1 Å². The molecule has 0 aliphatic rings. The van der Waals surface area contributed by atoms with E-state index in [-0.39, 0.29) is 29.9 Å². The van der Waals surface area contributed by atoms with Crippen LogP contribution in [-0.4, -0.2) is 31.1 Å². The van der Waals surface area contributed by atoms with E-state index in [2.05, 4.69) is 51.7 Å². The summed E-state index contributed by atoms with van der Waals surface area (Å²) in [6, 6.07) is 17.1. The fourth-order valence-electron chi connectivity index (χ4n) is 3.39. The number of hydrogen-bond donors (Lipinski definition) is 3. The number of nitrogens with one attached hydrogen (secondary N) is 3. The minimum Gasteiger partial charge on any atom is -0.345 e. The van der Waals surface area contributed by atoms with Gasteiger partial charge in [0.15, 0.2) is 5.65 Å². The van der Waals surface area contributed by atoms with Crippen molar-refractivity contribution >= 4 is 44.5 Å². The predicted octanol–water partition coefficient (Wildman–Crippen LogP) is 4.99. The predicted molar refractivity (Wildman–Crippen MR) is 130 cm³/mol. The molecule has 168 valence electrons. The van der Waals surface area contributed by atoms with E-state index in [1.807, 2.05) is 30.3 Å². The van der Waals surface area contributed by atoms with Gasteiger partial charge in [-0.05, 0) is 48.0 Å². The largest absolute Gasteiger partial charge is 0.345 e. The molecule has 0 atom stereocenters. The van der Waals surface area contributed by atoms with Gasteiger partial charge in [0, 0.05) is 33.5 Å². The molecule has 5 rings (SSSR count). The van der Waals surface area contributed by atoms with Crippen molar-refractivity contribution in [3.8, 4) is 11.1 Å². The van der Waals surface area contributed by atoms with Crippen molar-refractivity contribution in [1.82, 2.24) is 30.5 Å². The fourth-order valence-corrected chi connectivity index (χ4v) is 3.88. The molecule has 0 fully saturated rings. The maximum atomic E-state index is 13.2. The molecule has 3 N–H and O–H groups in total. The van der Waals surface area contributed by atoms with Crippen molar-refractivity contribution in [1.29, 1.82) is 0 Å². The van der Waals surface area contributed by atoms with Crippen LogP contribution >= 0.6 is 15.9 Å². The number of halogens is 2. The number of benzene rings is 2. The second kappa shape index (κ2) is 9.36. The Balaban J connectivity index is 1.55. The van der Waals surface area contributed by atoms with Crippen LogP contribution in [0.1, 0.15) is 16.2 Å². The van der Waals surface area contributed by atoms with Crippen LogP contribution in [0.3, 0.4) is 0 Å². The summed E-state index contributed by atoms with van der Waals surface area (Å²) in [5.41, 5.74) is 3.43. The van der Waals surface area contributed by atoms with E-state index in [1.165, 1.54) is 12.1 Å². The molecule has 0 spiro atoms. The third-order valence-electron chi connectivity index (χ3n) is 5.05. The van der Waals surface area contributed by atoms with Gasteiger partial charge >= 0.3 is 0 Å². The number of H-pyrrole nitrogens is 1. The van der Waals surface area contributed by atoms with Crippen LogP contribution in [0.5, 0.6) is 0 Å². The highest BCUT2D eigenvalue weighted by Gasteiger charge is 2.19. The zero-order chi connectivity index (χ0) is 23.5. The first kappa shape index (κ1) is 21.7. The quantitative estimate of drug-likeness (QED) is 0.292. The first-order valence-corrected chi connectivity index (χ1v) is 11.1. The van der Waals surface area contributed by atoms with E-state index in [1.54, 1.807) is 30.6 Å². The summed E-state index contributed by atoms with van der Waals surface area (Å²) >= 11 is 3.56. The molecule has 0 saturated heterocycles. The van der Waals surface area contributed by atoms with Crippen LogP contribution in [0, 0.1) is 5.82 Å². The van der Waals surface area contributed by atoms with Gasteiger partial charge in [0.2, 0.25) is 5.95 Å². The topological polar surface area (TPSA) is 108 Å². The third-order valence-corrected chi connectivity index (χ3v) is 5.74. The van der Waals surface area contributed by atoms with E-state index in [0.29, 0.717) is 22.3 Å². The summed E-state index contributed by atoms with van der Waals surface area (Å²) in [5, 5.41) is 13.3. The summed E-state index contributed by atoms with van der Waals surface area (Å²) in [7, 11) is 0. The number of aromatic amines is 1. The minimum atomic E-state index is -0.353. The average Bonchev–Trinajstić information content (AvgIpc) is 3.37. The van der Waals surface area contributed by atoms with Gasteiger partial charge in [-0.15, -0.1) is 0 Å². The van der Waals surface area contributed by atoms with Gasteiger partial charge in [0.05, 0.1) is 12.2 Å². The van der Waals surface area contributed by atoms with E-state index in [9.17, 15) is 9.18 Å². The molecular weight excluding hydrogens is 501 g/mol. The molecule has 0 aliphatic carbocycles. The molecule has 10 heteroatoms. The smallest absolute Gasteiger partial charge is 0.270 e. The molecule has 3 aromatic heterocycles. The third kappa shape index (κ3) is 4.62. The van der Waals surface area contributed by atoms with Crippen LogP contribution in [0.4, 0.5) is 16.0 Å². The highest BCUT2D eigenvalue weighted by atomic mass is 79.9. The molecular formula is C24H17BrFN7O. The van der Waals surface area contributed by atoms with Crippen molar-refractivity contribution < 1.29 is 9.18 Å². The molecule has 3 heterocycles. The van der Waals surface area contributed by atoms with Gasteiger partial charge in [-0.3, -0.25) is 9.89 Å². The first-order valence-electron chi connectivity index (χ1n) is 10.3. The number of carbonyl (C=O) groups is 1. The number of nitrogens with zero attached hydrogens (tertiary/aromatic N) is 4. The van der Waals surface area contributed by atoms with Gasteiger partial charge in [0.25, 0.3) is 5.91 Å². The Morgan fingerprint density at radius 1 is 1.03 bits per heavy atom. The highest BCUT2D eigenvalue weighted by molar-refractivity contribution is 9.10. The van der Waals surface area contributed by atoms with Crippen LogP contribution in [0.15, 0.2) is 77.5 Å². The van der Waals surface area contributed by atoms with Crippen LogP contribution < -0.4 is 10.6 Å². The van der Waals surface area contributed by atoms with Crippen LogP contribution in [0.2, 0.25) is 0 Å². The highest BCUT2D eigenvalue weighted by Crippen LogP contribution is 2.32. The molecule has 34 heavy (non-hydrogen) atoms. The summed E-state index contributed by atoms with van der Waals surface area (Å²) in [4.78, 5) is 26.6. The molecule has 2 aromatic carbocycles. The van der Waals surface area contributed by atoms with Crippen molar-refractivity contribution in [2.24, 2.45) is 0 Å². The molecule has 1 amide bonds. The second-order valence-electron chi connectivity index (χ2n) is 7.37. The Morgan fingerprint density at radius 2 is 1.85 bits per heavy atom. The van der Waals surface area contributed by atoms with Gasteiger partial charge in [0.1, 0.15) is 11.5 Å². The number of carbonyl (C=O) groups excluding carboxylic acids is 1. The van der Waals surface area contributed by atoms with Crippen molar-refractivity contribution in [2.45, 2.75) is 6.54 Å². The summed E-state index contributed by atoms with van der Waals surface area (Å²) in [6.45, 7) is 0.273. The Hall–Kier alpha value is -4.18. The average molecular weight is 518 g/mol. The zero-order valence-corrected chi connectivity index (χ0v) is 19.2. The number of anilines is 2. The Morgan fingerprint density at radius 3 is 2.62 bits per heavy atom. The lowest BCUT2D eigenvalue weighted by Crippen LogP contribution is -2.25. The van der Waals surface area contributed by atoms with Gasteiger partial charge in [-0.25, -0.2) is 14.4 Å². The molecule has 0 saturated carbocycles. The normalized spacial score (nSPS) is 10.9. The number of aromatic nitrogens is 5. The number of rotatable bonds is 6. The number of pyridine rings is 1. The second-order valence-corrected chi connectivity index (χ2v) is 8.22. The monoisotopic (exact) mass is 517 g/mol. The fraction of sp³-hybridized carbons (Fsp3) is 0.0417. The maximum Gasteiger partial charge on any atom is 0.270 e. The summed E-state index contributed by atoms with van der Waals surface area (Å²) in [6.07, 6.45) is 3.25. The van der Waals surface area contributed by atoms with Crippen molar-refractivity contribution in [3.63, 3.8) is 0 Å². The Labute approximate surface area is 201 Å². The molecule has 0 aliphatic heterocycles. The molecule has 5 aromatic rings. The lowest BCUT2D eigenvalue weighted by Gasteiger charge is -2.13. The van der Waals surface area contributed by atoms with Gasteiger partial charge < -0.3 is 10.6 Å². The SMILES string of the molecule is O=C(NCc1ccn[nH]1)c1nc2nc(Nc3ccc(F)cc3)ncc2cc1-c1ccccc1Br. The van der Waals surface area contributed by atoms with Crippen molar-refractivity contribution in [2.75, 3.05) is 5.32 Å². The van der Waals surface area contributed by atoms with Crippen LogP contribution in [0.25, 0.3) is 22.2 Å². The van der Waals surface area contributed by atoms with Gasteiger partial charge in [-0.2, -0.15) is 10.1 Å². The summed E-state index contributed by atoms with van der Waals surface area (Å²) in [5.74, 6) is -0.407. The number of hydrogen-bond acceptors (Lipinski definition) is 6. The molecule has 8 nitrogen and oxygen atoms in total. The lowest BCUT2D eigenvalue weighted by molar-refractivity contribution is 0.0946. The van der Waals surface area contributed by atoms with E-state index < -0.39 is 0 Å². The zero-order valence-electron chi connectivity index (χ0n) is 17.6. The van der Waals surface area contributed by atoms with E-state index in [0.717, 1.165) is 15.7 Å². The maximum absolute atomic E-state index is 13.2.